The largest absolute Gasteiger partial charge is 0.342 e. The number of fused-ring (bicyclic) bond motifs is 1. The van der Waals surface area contributed by atoms with Crippen molar-refractivity contribution in [1.29, 1.82) is 0 Å². The second-order valence-electron chi connectivity index (χ2n) is 11.6. The molecule has 3 fully saturated rings. The Hall–Kier alpha value is -3.72. The van der Waals surface area contributed by atoms with Crippen molar-refractivity contribution in [2.24, 2.45) is 11.8 Å². The normalized spacial score (nSPS) is 18.0. The van der Waals surface area contributed by atoms with Gasteiger partial charge >= 0.3 is 0 Å². The van der Waals surface area contributed by atoms with Gasteiger partial charge in [-0.05, 0) is 61.4 Å². The van der Waals surface area contributed by atoms with Crippen molar-refractivity contribution >= 4 is 16.9 Å². The van der Waals surface area contributed by atoms with Crippen molar-refractivity contribution < 1.29 is 9.18 Å². The predicted molar refractivity (Wildman–Crippen MR) is 150 cm³/mol. The number of aryl methyl sites for hydroxylation is 1. The summed E-state index contributed by atoms with van der Waals surface area (Å²) in [6.07, 6.45) is 10.2. The van der Waals surface area contributed by atoms with Gasteiger partial charge in [0, 0.05) is 62.5 Å². The van der Waals surface area contributed by atoms with Crippen LogP contribution in [0, 0.1) is 17.7 Å². The average molecular weight is 540 g/mol. The molecular formula is C31H34FN7O. The minimum Gasteiger partial charge on any atom is -0.342 e. The Labute approximate surface area is 233 Å². The Bertz CT molecular complexity index is 1540. The quantitative estimate of drug-likeness (QED) is 0.336. The number of hydrogen-bond donors (Lipinski definition) is 1. The number of rotatable bonds is 9. The Morgan fingerprint density at radius 2 is 1.85 bits per heavy atom. The monoisotopic (exact) mass is 539 g/mol. The van der Waals surface area contributed by atoms with Crippen molar-refractivity contribution in [3.05, 3.63) is 71.4 Å². The molecule has 2 saturated carbocycles. The van der Waals surface area contributed by atoms with Crippen LogP contribution in [0.25, 0.3) is 22.3 Å². The van der Waals surface area contributed by atoms with Gasteiger partial charge in [-0.15, -0.1) is 0 Å². The van der Waals surface area contributed by atoms with E-state index in [2.05, 4.69) is 37.0 Å². The lowest BCUT2D eigenvalue weighted by molar-refractivity contribution is -0.134. The molecule has 8 nitrogen and oxygen atoms in total. The summed E-state index contributed by atoms with van der Waals surface area (Å²) >= 11 is 0. The summed E-state index contributed by atoms with van der Waals surface area (Å²) in [5, 5.41) is 0. The number of H-pyrrole nitrogens is 1. The van der Waals surface area contributed by atoms with E-state index in [1.807, 2.05) is 29.3 Å². The van der Waals surface area contributed by atoms with Gasteiger partial charge in [-0.1, -0.05) is 18.9 Å². The van der Waals surface area contributed by atoms with Crippen molar-refractivity contribution in [2.45, 2.75) is 51.5 Å². The Morgan fingerprint density at radius 1 is 1.00 bits per heavy atom. The number of pyridine rings is 1. The zero-order valence-corrected chi connectivity index (χ0v) is 22.7. The highest BCUT2D eigenvalue weighted by molar-refractivity contribution is 5.82. The van der Waals surface area contributed by atoms with Crippen LogP contribution in [0.2, 0.25) is 0 Å². The van der Waals surface area contributed by atoms with E-state index in [-0.39, 0.29) is 5.82 Å². The molecule has 1 aliphatic heterocycles. The summed E-state index contributed by atoms with van der Waals surface area (Å²) in [5.41, 5.74) is 5.39. The van der Waals surface area contributed by atoms with E-state index in [1.165, 1.54) is 24.7 Å². The maximum Gasteiger partial charge on any atom is 0.225 e. The Kier molecular flexibility index (Phi) is 6.75. The maximum atomic E-state index is 15.2. The lowest BCUT2D eigenvalue weighted by Gasteiger charge is -2.35. The fourth-order valence-corrected chi connectivity index (χ4v) is 5.69. The minimum absolute atomic E-state index is 0.294. The number of imidazole rings is 1. The topological polar surface area (TPSA) is 90.9 Å². The van der Waals surface area contributed by atoms with E-state index in [0.29, 0.717) is 41.6 Å². The smallest absolute Gasteiger partial charge is 0.225 e. The Morgan fingerprint density at radius 3 is 2.65 bits per heavy atom. The number of aromatic amines is 1. The van der Waals surface area contributed by atoms with E-state index in [9.17, 15) is 4.79 Å². The zero-order valence-electron chi connectivity index (χ0n) is 22.7. The van der Waals surface area contributed by atoms with Crippen LogP contribution in [0.1, 0.15) is 54.9 Å². The molecule has 2 aliphatic carbocycles. The minimum atomic E-state index is -0.320. The van der Waals surface area contributed by atoms with E-state index in [1.54, 1.807) is 0 Å². The highest BCUT2D eigenvalue weighted by atomic mass is 19.1. The van der Waals surface area contributed by atoms with Gasteiger partial charge in [-0.3, -0.25) is 14.7 Å². The van der Waals surface area contributed by atoms with Gasteiger partial charge in [-0.2, -0.15) is 0 Å². The number of nitrogens with zero attached hydrogens (tertiary/aromatic N) is 6. The number of benzene rings is 1. The summed E-state index contributed by atoms with van der Waals surface area (Å²) in [6.45, 7) is 4.27. The van der Waals surface area contributed by atoms with E-state index in [0.717, 1.165) is 80.5 Å². The molecule has 0 unspecified atom stereocenters. The first-order chi connectivity index (χ1) is 19.6. The molecule has 0 atom stereocenters. The van der Waals surface area contributed by atoms with Crippen molar-refractivity contribution in [3.8, 4) is 11.3 Å². The first-order valence-electron chi connectivity index (χ1n) is 14.5. The van der Waals surface area contributed by atoms with E-state index < -0.39 is 0 Å². The molecule has 0 bridgehead atoms. The van der Waals surface area contributed by atoms with Crippen LogP contribution in [0.5, 0.6) is 0 Å². The van der Waals surface area contributed by atoms with Gasteiger partial charge in [0.05, 0.1) is 16.7 Å². The van der Waals surface area contributed by atoms with Crippen LogP contribution in [0.3, 0.4) is 0 Å². The lowest BCUT2D eigenvalue weighted by atomic mass is 10.1. The molecule has 1 saturated heterocycles. The van der Waals surface area contributed by atoms with Crippen LogP contribution < -0.4 is 0 Å². The number of amides is 1. The molecule has 9 heteroatoms. The number of hydrogen-bond acceptors (Lipinski definition) is 6. The fraction of sp³-hybridized carbons (Fsp3) is 0.452. The number of halogens is 1. The van der Waals surface area contributed by atoms with Gasteiger partial charge in [0.1, 0.15) is 17.8 Å². The van der Waals surface area contributed by atoms with Crippen LogP contribution in [-0.4, -0.2) is 66.8 Å². The molecular weight excluding hydrogens is 505 g/mol. The molecule has 1 amide bonds. The summed E-state index contributed by atoms with van der Waals surface area (Å²) in [5.74, 6) is 1.87. The fourth-order valence-electron chi connectivity index (χ4n) is 5.69. The van der Waals surface area contributed by atoms with Gasteiger partial charge in [0.15, 0.2) is 5.82 Å². The summed E-state index contributed by atoms with van der Waals surface area (Å²) in [7, 11) is 0. The number of aromatic nitrogens is 5. The third kappa shape index (κ3) is 5.61. The van der Waals surface area contributed by atoms with E-state index in [4.69, 9.17) is 4.98 Å². The first kappa shape index (κ1) is 25.3. The SMILES string of the molecule is O=C(C1CC1)N1CCN(Cc2ccnc(Cc3nc4ccc(-c5ncnc(CCC6CC6)c5F)cc4[nH]3)c2)CC1. The molecule has 206 valence electrons. The zero-order chi connectivity index (χ0) is 27.1. The summed E-state index contributed by atoms with van der Waals surface area (Å²) < 4.78 is 15.2. The highest BCUT2D eigenvalue weighted by Gasteiger charge is 2.34. The molecule has 40 heavy (non-hydrogen) atoms. The Balaban J connectivity index is 1.01. The maximum absolute atomic E-state index is 15.2. The highest BCUT2D eigenvalue weighted by Crippen LogP contribution is 2.34. The first-order valence-corrected chi connectivity index (χ1v) is 14.5. The van der Waals surface area contributed by atoms with Gasteiger partial charge < -0.3 is 9.88 Å². The number of carbonyl (C=O) groups is 1. The third-order valence-electron chi connectivity index (χ3n) is 8.40. The average Bonchev–Trinajstić information content (AvgIpc) is 3.90. The molecule has 4 aromatic rings. The number of carbonyl (C=O) groups excluding carboxylic acids is 1. The van der Waals surface area contributed by atoms with Crippen molar-refractivity contribution in [3.63, 3.8) is 0 Å². The lowest BCUT2D eigenvalue weighted by Crippen LogP contribution is -2.48. The number of nitrogens with one attached hydrogen (secondary N) is 1. The van der Waals surface area contributed by atoms with Gasteiger partial charge in [-0.25, -0.2) is 19.3 Å². The van der Waals surface area contributed by atoms with Crippen LogP contribution >= 0.6 is 0 Å². The molecule has 1 N–H and O–H groups in total. The van der Waals surface area contributed by atoms with Gasteiger partial charge in [0.25, 0.3) is 0 Å². The molecule has 3 aliphatic rings. The summed E-state index contributed by atoms with van der Waals surface area (Å²) in [4.78, 5) is 38.0. The van der Waals surface area contributed by atoms with Crippen molar-refractivity contribution in [1.82, 2.24) is 34.7 Å². The van der Waals surface area contributed by atoms with Crippen LogP contribution in [0.4, 0.5) is 4.39 Å². The third-order valence-corrected chi connectivity index (χ3v) is 8.40. The number of piperazine rings is 1. The molecule has 7 rings (SSSR count). The molecule has 0 radical (unpaired) electrons. The van der Waals surface area contributed by atoms with Crippen LogP contribution in [-0.2, 0) is 24.2 Å². The molecule has 1 aromatic carbocycles. The van der Waals surface area contributed by atoms with E-state index >= 15 is 4.39 Å². The standard InChI is InChI=1S/C31H34FN7O/c32-29-26(7-3-20-1-2-20)34-19-35-30(29)23-6-8-25-27(16-23)37-28(36-25)17-24-15-21(9-10-33-24)18-38-11-13-39(14-12-38)31(40)22-4-5-22/h6,8-10,15-16,19-20,22H,1-5,7,11-14,17-18H2,(H,36,37). The molecule has 0 spiro atoms. The summed E-state index contributed by atoms with van der Waals surface area (Å²) in [6, 6.07) is 9.90. The van der Waals surface area contributed by atoms with Crippen molar-refractivity contribution in [2.75, 3.05) is 26.2 Å². The van der Waals surface area contributed by atoms with Crippen LogP contribution in [0.15, 0.2) is 42.9 Å². The second kappa shape index (κ2) is 10.7. The second-order valence-corrected chi connectivity index (χ2v) is 11.6. The molecule has 3 aromatic heterocycles. The molecule has 4 heterocycles. The van der Waals surface area contributed by atoms with Gasteiger partial charge in [0.2, 0.25) is 5.91 Å². The predicted octanol–water partition coefficient (Wildman–Crippen LogP) is 4.54.